The lowest BCUT2D eigenvalue weighted by molar-refractivity contribution is 0.153. The van der Waals surface area contributed by atoms with Gasteiger partial charge < -0.3 is 4.74 Å². The number of halogens is 3. The van der Waals surface area contributed by atoms with E-state index in [0.717, 1.165) is 12.8 Å². The Hall–Kier alpha value is -3.35. The van der Waals surface area contributed by atoms with Crippen LogP contribution in [-0.2, 0) is 0 Å². The predicted molar refractivity (Wildman–Crippen MR) is 108 cm³/mol. The van der Waals surface area contributed by atoms with Crippen molar-refractivity contribution in [3.8, 4) is 22.7 Å². The molecule has 0 N–H and O–H groups in total. The number of hydrogen-bond acceptors (Lipinski definition) is 3. The molecule has 30 heavy (non-hydrogen) atoms. The zero-order valence-corrected chi connectivity index (χ0v) is 16.1. The van der Waals surface area contributed by atoms with Gasteiger partial charge in [-0.05, 0) is 67.4 Å². The summed E-state index contributed by atoms with van der Waals surface area (Å²) in [6, 6.07) is 14.3. The lowest BCUT2D eigenvalue weighted by Gasteiger charge is -2.09. The van der Waals surface area contributed by atoms with Gasteiger partial charge in [-0.25, -0.2) is 22.8 Å². The first kappa shape index (κ1) is 18.7. The second-order valence-electron chi connectivity index (χ2n) is 7.37. The Morgan fingerprint density at radius 3 is 2.33 bits per heavy atom. The number of pyridine rings is 1. The molecule has 4 nitrogen and oxygen atoms in total. The Labute approximate surface area is 170 Å². The molecule has 0 spiro atoms. The molecular weight excluding hydrogens is 391 g/mol. The van der Waals surface area contributed by atoms with E-state index in [1.54, 1.807) is 48.2 Å². The van der Waals surface area contributed by atoms with Crippen molar-refractivity contribution in [1.82, 2.24) is 14.8 Å². The maximum Gasteiger partial charge on any atom is 0.264 e. The molecule has 0 bridgehead atoms. The van der Waals surface area contributed by atoms with Gasteiger partial charge in [0.25, 0.3) is 6.43 Å². The first-order valence-electron chi connectivity index (χ1n) is 9.67. The Morgan fingerprint density at radius 1 is 1.03 bits per heavy atom. The van der Waals surface area contributed by atoms with Crippen molar-refractivity contribution in [2.45, 2.75) is 25.2 Å². The van der Waals surface area contributed by atoms with Crippen LogP contribution in [0, 0.1) is 5.82 Å². The minimum atomic E-state index is -2.67. The van der Waals surface area contributed by atoms with Gasteiger partial charge in [0.2, 0.25) is 0 Å². The van der Waals surface area contributed by atoms with Crippen LogP contribution in [0.3, 0.4) is 0 Å². The minimum Gasteiger partial charge on any atom is -0.497 e. The van der Waals surface area contributed by atoms with Crippen molar-refractivity contribution in [2.75, 3.05) is 7.11 Å². The van der Waals surface area contributed by atoms with Gasteiger partial charge in [0.15, 0.2) is 5.65 Å². The van der Waals surface area contributed by atoms with Crippen LogP contribution in [0.25, 0.3) is 28.0 Å². The molecular formula is C23H18F3N3O. The zero-order chi connectivity index (χ0) is 20.8. The molecule has 2 aromatic carbocycles. The van der Waals surface area contributed by atoms with Crippen LogP contribution >= 0.6 is 0 Å². The van der Waals surface area contributed by atoms with Crippen molar-refractivity contribution >= 4 is 11.0 Å². The van der Waals surface area contributed by atoms with Crippen LogP contribution in [0.4, 0.5) is 13.2 Å². The van der Waals surface area contributed by atoms with Crippen LogP contribution in [0.15, 0.2) is 54.6 Å². The first-order valence-corrected chi connectivity index (χ1v) is 9.67. The molecule has 0 unspecified atom stereocenters. The number of hydrogen-bond donors (Lipinski definition) is 0. The Balaban J connectivity index is 1.77. The summed E-state index contributed by atoms with van der Waals surface area (Å²) in [6.07, 6.45) is -0.840. The third-order valence-electron chi connectivity index (χ3n) is 5.35. The van der Waals surface area contributed by atoms with E-state index in [1.165, 1.54) is 18.2 Å². The second-order valence-corrected chi connectivity index (χ2v) is 7.37. The molecule has 5 rings (SSSR count). The largest absolute Gasteiger partial charge is 0.497 e. The number of ether oxygens (including phenoxy) is 1. The molecule has 1 saturated carbocycles. The minimum absolute atomic E-state index is 0.0823. The molecule has 0 atom stereocenters. The lowest BCUT2D eigenvalue weighted by Crippen LogP contribution is -2.00. The van der Waals surface area contributed by atoms with Crippen molar-refractivity contribution in [3.63, 3.8) is 0 Å². The molecule has 4 aromatic rings. The number of nitrogens with zero attached hydrogens (tertiary/aromatic N) is 3. The van der Waals surface area contributed by atoms with Gasteiger partial charge in [-0.2, -0.15) is 5.10 Å². The van der Waals surface area contributed by atoms with E-state index < -0.39 is 6.43 Å². The topological polar surface area (TPSA) is 39.9 Å². The molecule has 0 radical (unpaired) electrons. The van der Waals surface area contributed by atoms with E-state index in [1.807, 2.05) is 0 Å². The molecule has 0 saturated heterocycles. The molecule has 7 heteroatoms. The van der Waals surface area contributed by atoms with Gasteiger partial charge in [0.05, 0.1) is 29.6 Å². The fraction of sp³-hybridized carbons (Fsp3) is 0.217. The summed E-state index contributed by atoms with van der Waals surface area (Å²) in [6.45, 7) is 0. The van der Waals surface area contributed by atoms with Crippen LogP contribution in [-0.4, -0.2) is 21.9 Å². The first-order chi connectivity index (χ1) is 14.5. The van der Waals surface area contributed by atoms with Crippen LogP contribution in [0.2, 0.25) is 0 Å². The highest BCUT2D eigenvalue weighted by atomic mass is 19.3. The highest BCUT2D eigenvalue weighted by molar-refractivity contribution is 5.87. The average molecular weight is 409 g/mol. The van der Waals surface area contributed by atoms with Crippen molar-refractivity contribution < 1.29 is 17.9 Å². The summed E-state index contributed by atoms with van der Waals surface area (Å²) in [4.78, 5) is 4.71. The Kier molecular flexibility index (Phi) is 4.46. The third kappa shape index (κ3) is 3.20. The van der Waals surface area contributed by atoms with Crippen LogP contribution in [0.5, 0.6) is 5.75 Å². The van der Waals surface area contributed by atoms with Gasteiger partial charge in [-0.1, -0.05) is 0 Å². The summed E-state index contributed by atoms with van der Waals surface area (Å²) in [5.74, 6) is 0.444. The van der Waals surface area contributed by atoms with Gasteiger partial charge in [-0.15, -0.1) is 0 Å². The highest BCUT2D eigenvalue weighted by Crippen LogP contribution is 2.45. The van der Waals surface area contributed by atoms with Crippen molar-refractivity contribution in [3.05, 3.63) is 71.7 Å². The fourth-order valence-corrected chi connectivity index (χ4v) is 3.66. The molecule has 1 aliphatic carbocycles. The number of alkyl halides is 2. The number of fused-ring (bicyclic) bond motifs is 1. The zero-order valence-electron chi connectivity index (χ0n) is 16.1. The standard InChI is InChI=1S/C23H18F3N3O/c1-30-17-10-4-13(5-11-17)19-12-18(22(25)26)20-21(14-2-3-14)28-29(23(20)27-19)16-8-6-15(24)7-9-16/h4-12,14,22H,2-3H2,1H3. The van der Waals surface area contributed by atoms with E-state index in [4.69, 9.17) is 9.72 Å². The number of benzene rings is 2. The molecule has 0 amide bonds. The summed E-state index contributed by atoms with van der Waals surface area (Å²) in [7, 11) is 1.56. The Morgan fingerprint density at radius 2 is 1.73 bits per heavy atom. The van der Waals surface area contributed by atoms with Crippen molar-refractivity contribution in [2.24, 2.45) is 0 Å². The monoisotopic (exact) mass is 409 g/mol. The average Bonchev–Trinajstić information content (AvgIpc) is 3.54. The van der Waals surface area contributed by atoms with E-state index >= 15 is 0 Å². The number of rotatable bonds is 5. The molecule has 152 valence electrons. The normalized spacial score (nSPS) is 13.9. The highest BCUT2D eigenvalue weighted by Gasteiger charge is 2.33. The Bertz CT molecular complexity index is 1210. The summed E-state index contributed by atoms with van der Waals surface area (Å²) < 4.78 is 48.4. The van der Waals surface area contributed by atoms with Crippen LogP contribution in [0.1, 0.15) is 36.4 Å². The van der Waals surface area contributed by atoms with Gasteiger partial charge in [-0.3, -0.25) is 0 Å². The van der Waals surface area contributed by atoms with Gasteiger partial charge in [0, 0.05) is 17.0 Å². The van der Waals surface area contributed by atoms with E-state index in [2.05, 4.69) is 5.10 Å². The molecule has 2 heterocycles. The molecule has 0 aliphatic heterocycles. The van der Waals surface area contributed by atoms with Crippen molar-refractivity contribution in [1.29, 1.82) is 0 Å². The maximum atomic E-state index is 14.1. The number of methoxy groups -OCH3 is 1. The summed E-state index contributed by atoms with van der Waals surface area (Å²) in [5, 5.41) is 5.03. The van der Waals surface area contributed by atoms with E-state index in [0.29, 0.717) is 39.4 Å². The van der Waals surface area contributed by atoms with E-state index in [-0.39, 0.29) is 17.3 Å². The lowest BCUT2D eigenvalue weighted by atomic mass is 10.0. The molecule has 2 aromatic heterocycles. The maximum absolute atomic E-state index is 14.1. The van der Waals surface area contributed by atoms with Crippen LogP contribution < -0.4 is 4.74 Å². The summed E-state index contributed by atoms with van der Waals surface area (Å²) in [5.41, 5.74) is 2.60. The quantitative estimate of drug-likeness (QED) is 0.403. The number of aromatic nitrogens is 3. The van der Waals surface area contributed by atoms with Gasteiger partial charge in [0.1, 0.15) is 11.6 Å². The third-order valence-corrected chi connectivity index (χ3v) is 5.35. The molecule has 1 aliphatic rings. The SMILES string of the molecule is COc1ccc(-c2cc(C(F)F)c3c(C4CC4)nn(-c4ccc(F)cc4)c3n2)cc1. The smallest absolute Gasteiger partial charge is 0.264 e. The fourth-order valence-electron chi connectivity index (χ4n) is 3.66. The predicted octanol–water partition coefficient (Wildman–Crippen LogP) is 6.05. The summed E-state index contributed by atoms with van der Waals surface area (Å²) >= 11 is 0. The van der Waals surface area contributed by atoms with Gasteiger partial charge >= 0.3 is 0 Å². The molecule has 1 fully saturated rings. The second kappa shape index (κ2) is 7.16. The van der Waals surface area contributed by atoms with E-state index in [9.17, 15) is 13.2 Å².